The number of aromatic nitrogens is 3. The number of halogens is 1. The Morgan fingerprint density at radius 2 is 2.12 bits per heavy atom. The van der Waals surface area contributed by atoms with Gasteiger partial charge in [0, 0.05) is 42.0 Å². The molecule has 0 unspecified atom stereocenters. The number of amides is 1. The third-order valence-electron chi connectivity index (χ3n) is 4.53. The van der Waals surface area contributed by atoms with E-state index in [0.717, 1.165) is 30.3 Å². The highest BCUT2D eigenvalue weighted by Gasteiger charge is 2.19. The van der Waals surface area contributed by atoms with Gasteiger partial charge in [-0.05, 0) is 31.0 Å². The molecule has 1 saturated heterocycles. The fraction of sp³-hybridized carbons (Fsp3) is 0.353. The Morgan fingerprint density at radius 3 is 2.92 bits per heavy atom. The van der Waals surface area contributed by atoms with Gasteiger partial charge in [-0.1, -0.05) is 11.6 Å². The zero-order valence-corrected chi connectivity index (χ0v) is 13.8. The molecule has 0 radical (unpaired) electrons. The average molecular weight is 345 g/mol. The van der Waals surface area contributed by atoms with Gasteiger partial charge in [-0.15, -0.1) is 0 Å². The van der Waals surface area contributed by atoms with Crippen molar-refractivity contribution >= 4 is 39.4 Å². The lowest BCUT2D eigenvalue weighted by atomic mass is 10.2. The van der Waals surface area contributed by atoms with Crippen LogP contribution in [-0.2, 0) is 11.3 Å². The largest absolute Gasteiger partial charge is 0.349 e. The number of aromatic amines is 1. The number of H-pyrrole nitrogens is 1. The maximum atomic E-state index is 12.7. The van der Waals surface area contributed by atoms with Crippen molar-refractivity contribution in [2.75, 3.05) is 13.1 Å². The first-order valence-corrected chi connectivity index (χ1v) is 8.45. The summed E-state index contributed by atoms with van der Waals surface area (Å²) in [5, 5.41) is 1.47. The molecule has 0 bridgehead atoms. The van der Waals surface area contributed by atoms with E-state index < -0.39 is 0 Å². The highest BCUT2D eigenvalue weighted by molar-refractivity contribution is 6.31. The number of fused-ring (bicyclic) bond motifs is 3. The van der Waals surface area contributed by atoms with E-state index in [2.05, 4.69) is 9.97 Å². The zero-order chi connectivity index (χ0) is 16.7. The molecule has 2 aromatic heterocycles. The van der Waals surface area contributed by atoms with Crippen molar-refractivity contribution in [1.29, 1.82) is 0 Å². The number of nitrogens with zero attached hydrogens (tertiary/aromatic N) is 3. The van der Waals surface area contributed by atoms with Crippen LogP contribution in [0.15, 0.2) is 29.3 Å². The third kappa shape index (κ3) is 2.57. The van der Waals surface area contributed by atoms with Crippen molar-refractivity contribution in [1.82, 2.24) is 19.4 Å². The van der Waals surface area contributed by atoms with Crippen molar-refractivity contribution in [3.05, 3.63) is 39.9 Å². The predicted molar refractivity (Wildman–Crippen MR) is 93.3 cm³/mol. The second-order valence-corrected chi connectivity index (χ2v) is 6.56. The van der Waals surface area contributed by atoms with Gasteiger partial charge in [-0.2, -0.15) is 0 Å². The minimum absolute atomic E-state index is 0.0972. The van der Waals surface area contributed by atoms with Crippen LogP contribution in [0.25, 0.3) is 21.9 Å². The molecule has 0 atom stereocenters. The van der Waals surface area contributed by atoms with Crippen molar-refractivity contribution in [2.24, 2.45) is 0 Å². The summed E-state index contributed by atoms with van der Waals surface area (Å²) in [6.07, 6.45) is 3.89. The normalized spacial score (nSPS) is 15.0. The van der Waals surface area contributed by atoms with Gasteiger partial charge in [-0.3, -0.25) is 14.2 Å². The van der Waals surface area contributed by atoms with Crippen molar-refractivity contribution in [3.63, 3.8) is 0 Å². The maximum absolute atomic E-state index is 12.7. The Morgan fingerprint density at radius 1 is 1.25 bits per heavy atom. The Labute approximate surface area is 143 Å². The molecule has 124 valence electrons. The van der Waals surface area contributed by atoms with Crippen LogP contribution >= 0.6 is 11.6 Å². The molecule has 1 aliphatic rings. The Bertz CT molecular complexity index is 991. The molecular weight excluding hydrogens is 328 g/mol. The summed E-state index contributed by atoms with van der Waals surface area (Å²) in [5.74, 6) is 0.212. The molecule has 4 rings (SSSR count). The van der Waals surface area contributed by atoms with Crippen LogP contribution in [-0.4, -0.2) is 38.4 Å². The number of rotatable bonds is 4. The first kappa shape index (κ1) is 15.2. The van der Waals surface area contributed by atoms with Gasteiger partial charge in [0.15, 0.2) is 0 Å². The molecule has 7 heteroatoms. The zero-order valence-electron chi connectivity index (χ0n) is 13.1. The van der Waals surface area contributed by atoms with E-state index in [-0.39, 0.29) is 11.5 Å². The molecule has 1 amide bonds. The standard InChI is InChI=1S/C17H17ClN4O2/c18-11-4-5-13-12(9-11)15-16(20-13)17(24)22(10-19-15)8-2-7-21-6-1-3-14(21)23/h4-5,9-10,20H,1-3,6-8H2. The van der Waals surface area contributed by atoms with Crippen LogP contribution < -0.4 is 5.56 Å². The van der Waals surface area contributed by atoms with E-state index in [0.29, 0.717) is 35.6 Å². The van der Waals surface area contributed by atoms with E-state index in [9.17, 15) is 9.59 Å². The molecule has 1 N–H and O–H groups in total. The number of hydrogen-bond acceptors (Lipinski definition) is 3. The minimum Gasteiger partial charge on any atom is -0.349 e. The SMILES string of the molecule is O=C1CCCN1CCCn1cnc2c([nH]c3ccc(Cl)cc32)c1=O. The number of nitrogens with one attached hydrogen (secondary N) is 1. The maximum Gasteiger partial charge on any atom is 0.277 e. The smallest absolute Gasteiger partial charge is 0.277 e. The summed E-state index contributed by atoms with van der Waals surface area (Å²) in [7, 11) is 0. The quantitative estimate of drug-likeness (QED) is 0.790. The summed E-state index contributed by atoms with van der Waals surface area (Å²) >= 11 is 6.03. The first-order valence-electron chi connectivity index (χ1n) is 8.07. The van der Waals surface area contributed by atoms with Gasteiger partial charge in [0.1, 0.15) is 11.0 Å². The fourth-order valence-corrected chi connectivity index (χ4v) is 3.47. The second kappa shape index (κ2) is 5.94. The van der Waals surface area contributed by atoms with Gasteiger partial charge in [0.2, 0.25) is 5.91 Å². The molecule has 0 spiro atoms. The van der Waals surface area contributed by atoms with E-state index in [4.69, 9.17) is 11.6 Å². The molecule has 6 nitrogen and oxygen atoms in total. The van der Waals surface area contributed by atoms with E-state index >= 15 is 0 Å². The number of aryl methyl sites for hydroxylation is 1. The lowest BCUT2D eigenvalue weighted by molar-refractivity contribution is -0.127. The topological polar surface area (TPSA) is 71.0 Å². The summed E-state index contributed by atoms with van der Waals surface area (Å²) < 4.78 is 1.60. The molecule has 1 aliphatic heterocycles. The summed E-state index contributed by atoms with van der Waals surface area (Å²) in [6, 6.07) is 5.44. The van der Waals surface area contributed by atoms with Gasteiger partial charge in [-0.25, -0.2) is 4.98 Å². The molecule has 0 saturated carbocycles. The van der Waals surface area contributed by atoms with Gasteiger partial charge in [0.25, 0.3) is 5.56 Å². The molecule has 1 aromatic carbocycles. The van der Waals surface area contributed by atoms with E-state index in [1.807, 2.05) is 17.0 Å². The number of likely N-dealkylation sites (tertiary alicyclic amines) is 1. The molecule has 1 fully saturated rings. The van der Waals surface area contributed by atoms with Crippen LogP contribution in [0.1, 0.15) is 19.3 Å². The fourth-order valence-electron chi connectivity index (χ4n) is 3.29. The monoisotopic (exact) mass is 344 g/mol. The van der Waals surface area contributed by atoms with Crippen LogP contribution in [0.2, 0.25) is 5.02 Å². The molecule has 3 aromatic rings. The average Bonchev–Trinajstić information content (AvgIpc) is 3.14. The van der Waals surface area contributed by atoms with Gasteiger partial charge < -0.3 is 9.88 Å². The molecular formula is C17H17ClN4O2. The van der Waals surface area contributed by atoms with Crippen molar-refractivity contribution in [3.8, 4) is 0 Å². The molecule has 0 aliphatic carbocycles. The van der Waals surface area contributed by atoms with E-state index in [1.54, 1.807) is 17.0 Å². The summed E-state index contributed by atoms with van der Waals surface area (Å²) in [6.45, 7) is 2.06. The summed E-state index contributed by atoms with van der Waals surface area (Å²) in [5.41, 5.74) is 1.88. The van der Waals surface area contributed by atoms with Crippen LogP contribution in [0.3, 0.4) is 0 Å². The highest BCUT2D eigenvalue weighted by atomic mass is 35.5. The Balaban J connectivity index is 1.60. The lowest BCUT2D eigenvalue weighted by Gasteiger charge is -2.15. The lowest BCUT2D eigenvalue weighted by Crippen LogP contribution is -2.28. The van der Waals surface area contributed by atoms with Crippen molar-refractivity contribution in [2.45, 2.75) is 25.8 Å². The summed E-state index contributed by atoms with van der Waals surface area (Å²) in [4.78, 5) is 33.7. The highest BCUT2D eigenvalue weighted by Crippen LogP contribution is 2.24. The van der Waals surface area contributed by atoms with Crippen LogP contribution in [0.5, 0.6) is 0 Å². The number of benzene rings is 1. The predicted octanol–water partition coefficient (Wildman–Crippen LogP) is 2.54. The van der Waals surface area contributed by atoms with Crippen molar-refractivity contribution < 1.29 is 4.79 Å². The minimum atomic E-state index is -0.0972. The molecule has 3 heterocycles. The third-order valence-corrected chi connectivity index (χ3v) is 4.77. The second-order valence-electron chi connectivity index (χ2n) is 6.12. The number of hydrogen-bond donors (Lipinski definition) is 1. The van der Waals surface area contributed by atoms with Gasteiger partial charge >= 0.3 is 0 Å². The Kier molecular flexibility index (Phi) is 3.76. The number of carbonyl (C=O) groups is 1. The first-order chi connectivity index (χ1) is 11.6. The van der Waals surface area contributed by atoms with Gasteiger partial charge in [0.05, 0.1) is 6.33 Å². The Hall–Kier alpha value is -2.34. The van der Waals surface area contributed by atoms with E-state index in [1.165, 1.54) is 0 Å². The molecule has 24 heavy (non-hydrogen) atoms. The number of carbonyl (C=O) groups excluding carboxylic acids is 1. The van der Waals surface area contributed by atoms with Crippen LogP contribution in [0, 0.1) is 0 Å². The van der Waals surface area contributed by atoms with Crippen LogP contribution in [0.4, 0.5) is 0 Å².